The zero-order valence-corrected chi connectivity index (χ0v) is 17.0. The predicted octanol–water partition coefficient (Wildman–Crippen LogP) is 6.74. The van der Waals surface area contributed by atoms with Crippen LogP contribution in [0.1, 0.15) is 28.3 Å². The Morgan fingerprint density at radius 2 is 1.55 bits per heavy atom. The van der Waals surface area contributed by atoms with Crippen molar-refractivity contribution in [3.8, 4) is 0 Å². The number of aryl methyl sites for hydroxylation is 1. The SMILES string of the molecule is Cc1ccc([C@H](NC(=S)Nc2ccc(Cl)c(C(F)(F)F)c2)c2ccccc2)cc1. The Morgan fingerprint density at radius 3 is 2.17 bits per heavy atom. The Kier molecular flexibility index (Phi) is 6.45. The van der Waals surface area contributed by atoms with E-state index in [0.717, 1.165) is 22.8 Å². The first-order chi connectivity index (χ1) is 13.7. The summed E-state index contributed by atoms with van der Waals surface area (Å²) in [5.41, 5.74) is 2.38. The first kappa shape index (κ1) is 21.1. The second kappa shape index (κ2) is 8.84. The second-order valence-corrected chi connectivity index (χ2v) is 7.36. The smallest absolute Gasteiger partial charge is 0.352 e. The Hall–Kier alpha value is -2.57. The van der Waals surface area contributed by atoms with Crippen LogP contribution in [0.4, 0.5) is 18.9 Å². The summed E-state index contributed by atoms with van der Waals surface area (Å²) in [5, 5.41) is 5.87. The number of halogens is 4. The van der Waals surface area contributed by atoms with Crippen LogP contribution >= 0.6 is 23.8 Å². The van der Waals surface area contributed by atoms with Crippen molar-refractivity contribution in [3.05, 3.63) is 100 Å². The van der Waals surface area contributed by atoms with Gasteiger partial charge in [0.25, 0.3) is 0 Å². The maximum Gasteiger partial charge on any atom is 0.417 e. The highest BCUT2D eigenvalue weighted by Gasteiger charge is 2.33. The van der Waals surface area contributed by atoms with E-state index < -0.39 is 11.7 Å². The van der Waals surface area contributed by atoms with Crippen molar-refractivity contribution in [1.82, 2.24) is 5.32 Å². The van der Waals surface area contributed by atoms with Gasteiger partial charge >= 0.3 is 6.18 Å². The van der Waals surface area contributed by atoms with Crippen LogP contribution in [0.5, 0.6) is 0 Å². The molecule has 2 nitrogen and oxygen atoms in total. The van der Waals surface area contributed by atoms with Gasteiger partial charge in [-0.1, -0.05) is 71.8 Å². The minimum absolute atomic E-state index is 0.204. The zero-order chi connectivity index (χ0) is 21.0. The van der Waals surface area contributed by atoms with Crippen LogP contribution in [-0.2, 0) is 6.18 Å². The van der Waals surface area contributed by atoms with Gasteiger partial charge in [-0.05, 0) is 48.5 Å². The molecule has 0 fully saturated rings. The molecule has 7 heteroatoms. The van der Waals surface area contributed by atoms with Gasteiger partial charge in [0.05, 0.1) is 16.6 Å². The highest BCUT2D eigenvalue weighted by Crippen LogP contribution is 2.36. The second-order valence-electron chi connectivity index (χ2n) is 6.55. The number of thiocarbonyl (C=S) groups is 1. The Balaban J connectivity index is 1.83. The lowest BCUT2D eigenvalue weighted by Crippen LogP contribution is -2.33. The van der Waals surface area contributed by atoms with Gasteiger partial charge < -0.3 is 10.6 Å². The number of benzene rings is 3. The fraction of sp³-hybridized carbons (Fsp3) is 0.136. The van der Waals surface area contributed by atoms with E-state index in [1.165, 1.54) is 12.1 Å². The molecule has 0 radical (unpaired) electrons. The fourth-order valence-corrected chi connectivity index (χ4v) is 3.34. The molecule has 0 unspecified atom stereocenters. The molecule has 2 N–H and O–H groups in total. The molecule has 3 rings (SSSR count). The fourth-order valence-electron chi connectivity index (χ4n) is 2.88. The molecule has 0 amide bonds. The van der Waals surface area contributed by atoms with E-state index >= 15 is 0 Å². The number of nitrogens with one attached hydrogen (secondary N) is 2. The molecule has 1 atom stereocenters. The van der Waals surface area contributed by atoms with Gasteiger partial charge in [-0.2, -0.15) is 13.2 Å². The molecule has 3 aromatic carbocycles. The van der Waals surface area contributed by atoms with Crippen LogP contribution < -0.4 is 10.6 Å². The average molecular weight is 435 g/mol. The van der Waals surface area contributed by atoms with Crippen molar-refractivity contribution in [3.63, 3.8) is 0 Å². The normalized spacial score (nSPS) is 12.3. The monoisotopic (exact) mass is 434 g/mol. The maximum absolute atomic E-state index is 13.1. The van der Waals surface area contributed by atoms with Gasteiger partial charge in [0.15, 0.2) is 5.11 Å². The number of hydrogen-bond donors (Lipinski definition) is 2. The van der Waals surface area contributed by atoms with Gasteiger partial charge in [0, 0.05) is 5.69 Å². The largest absolute Gasteiger partial charge is 0.417 e. The van der Waals surface area contributed by atoms with Crippen LogP contribution in [0.3, 0.4) is 0 Å². The molecule has 0 aliphatic heterocycles. The summed E-state index contributed by atoms with van der Waals surface area (Å²) in [5.74, 6) is 0. The molecule has 0 aliphatic rings. The van der Waals surface area contributed by atoms with E-state index in [0.29, 0.717) is 0 Å². The van der Waals surface area contributed by atoms with E-state index in [1.807, 2.05) is 61.5 Å². The van der Waals surface area contributed by atoms with Gasteiger partial charge in [-0.15, -0.1) is 0 Å². The molecule has 150 valence electrons. The van der Waals surface area contributed by atoms with E-state index in [2.05, 4.69) is 10.6 Å². The van der Waals surface area contributed by atoms with E-state index in [4.69, 9.17) is 23.8 Å². The molecule has 0 heterocycles. The van der Waals surface area contributed by atoms with E-state index in [-0.39, 0.29) is 21.9 Å². The first-order valence-corrected chi connectivity index (χ1v) is 9.58. The maximum atomic E-state index is 13.1. The lowest BCUT2D eigenvalue weighted by Gasteiger charge is -2.22. The topological polar surface area (TPSA) is 24.1 Å². The molecule has 0 bridgehead atoms. The van der Waals surface area contributed by atoms with Gasteiger partial charge in [0.2, 0.25) is 0 Å². The highest BCUT2D eigenvalue weighted by molar-refractivity contribution is 7.80. The van der Waals surface area contributed by atoms with Crippen LogP contribution in [0, 0.1) is 6.92 Å². The zero-order valence-electron chi connectivity index (χ0n) is 15.4. The third kappa shape index (κ3) is 5.49. The van der Waals surface area contributed by atoms with E-state index in [9.17, 15) is 13.2 Å². The van der Waals surface area contributed by atoms with Crippen LogP contribution in [0.25, 0.3) is 0 Å². The lowest BCUT2D eigenvalue weighted by atomic mass is 9.98. The Morgan fingerprint density at radius 1 is 0.931 bits per heavy atom. The van der Waals surface area contributed by atoms with Gasteiger partial charge in [-0.25, -0.2) is 0 Å². The number of rotatable bonds is 4. The summed E-state index contributed by atoms with van der Waals surface area (Å²) in [6.45, 7) is 2.00. The molecule has 0 spiro atoms. The summed E-state index contributed by atoms with van der Waals surface area (Å²) in [6.07, 6.45) is -4.54. The van der Waals surface area contributed by atoms with E-state index in [1.54, 1.807) is 0 Å². The Labute approximate surface area is 177 Å². The molecule has 0 saturated heterocycles. The number of anilines is 1. The third-order valence-corrected chi connectivity index (χ3v) is 4.90. The van der Waals surface area contributed by atoms with Crippen molar-refractivity contribution in [2.45, 2.75) is 19.1 Å². The molecule has 0 saturated carbocycles. The van der Waals surface area contributed by atoms with Crippen molar-refractivity contribution in [2.24, 2.45) is 0 Å². The number of hydrogen-bond acceptors (Lipinski definition) is 1. The summed E-state index contributed by atoms with van der Waals surface area (Å²) < 4.78 is 39.3. The molecule has 29 heavy (non-hydrogen) atoms. The summed E-state index contributed by atoms with van der Waals surface area (Å²) in [6, 6.07) is 21.0. The molecule has 0 aromatic heterocycles. The molecule has 3 aromatic rings. The van der Waals surface area contributed by atoms with Crippen LogP contribution in [0.2, 0.25) is 5.02 Å². The lowest BCUT2D eigenvalue weighted by molar-refractivity contribution is -0.137. The molecular formula is C22H18ClF3N2S. The average Bonchev–Trinajstić information content (AvgIpc) is 2.68. The van der Waals surface area contributed by atoms with Crippen molar-refractivity contribution < 1.29 is 13.2 Å². The summed E-state index contributed by atoms with van der Waals surface area (Å²) in [7, 11) is 0. The minimum Gasteiger partial charge on any atom is -0.352 e. The van der Waals surface area contributed by atoms with Crippen LogP contribution in [0.15, 0.2) is 72.8 Å². The minimum atomic E-state index is -4.54. The highest BCUT2D eigenvalue weighted by atomic mass is 35.5. The first-order valence-electron chi connectivity index (χ1n) is 8.80. The molecular weight excluding hydrogens is 417 g/mol. The predicted molar refractivity (Wildman–Crippen MR) is 115 cm³/mol. The van der Waals surface area contributed by atoms with Gasteiger partial charge in [-0.3, -0.25) is 0 Å². The summed E-state index contributed by atoms with van der Waals surface area (Å²) in [4.78, 5) is 0. The Bertz CT molecular complexity index is 989. The quantitative estimate of drug-likeness (QED) is 0.444. The van der Waals surface area contributed by atoms with Gasteiger partial charge in [0.1, 0.15) is 0 Å². The standard InChI is InChI=1S/C22H18ClF3N2S/c1-14-7-9-16(10-8-14)20(15-5-3-2-4-6-15)28-21(29)27-17-11-12-19(23)18(13-17)22(24,25)26/h2-13,20H,1H3,(H2,27,28,29)/t20-/m1/s1. The van der Waals surface area contributed by atoms with Crippen molar-refractivity contribution in [1.29, 1.82) is 0 Å². The van der Waals surface area contributed by atoms with Crippen molar-refractivity contribution in [2.75, 3.05) is 5.32 Å². The molecule has 0 aliphatic carbocycles. The third-order valence-electron chi connectivity index (χ3n) is 4.35. The van der Waals surface area contributed by atoms with Crippen LogP contribution in [-0.4, -0.2) is 5.11 Å². The summed E-state index contributed by atoms with van der Waals surface area (Å²) >= 11 is 11.0. The van der Waals surface area contributed by atoms with Crippen molar-refractivity contribution >= 4 is 34.6 Å². The number of alkyl halides is 3.